The fraction of sp³-hybridized carbons (Fsp3) is 0.278. The predicted molar refractivity (Wildman–Crippen MR) is 105 cm³/mol. The zero-order valence-electron chi connectivity index (χ0n) is 14.3. The van der Waals surface area contributed by atoms with Crippen LogP contribution in [0.4, 0.5) is 21.8 Å². The van der Waals surface area contributed by atoms with Crippen LogP contribution in [0.25, 0.3) is 21.3 Å². The van der Waals surface area contributed by atoms with E-state index < -0.39 is 0 Å². The van der Waals surface area contributed by atoms with Crippen molar-refractivity contribution in [3.8, 4) is 0 Å². The number of hydrogen-bond acceptors (Lipinski definition) is 6. The van der Waals surface area contributed by atoms with E-state index in [9.17, 15) is 4.39 Å². The lowest BCUT2D eigenvalue weighted by atomic mass is 9.93. The number of hydrogen-bond donors (Lipinski definition) is 3. The van der Waals surface area contributed by atoms with Gasteiger partial charge in [-0.3, -0.25) is 4.39 Å². The van der Waals surface area contributed by atoms with E-state index in [2.05, 4.69) is 31.7 Å². The lowest BCUT2D eigenvalue weighted by Gasteiger charge is -2.27. The van der Waals surface area contributed by atoms with Gasteiger partial charge < -0.3 is 15.6 Å². The highest BCUT2D eigenvalue weighted by atomic mass is 32.1. The Hall–Kier alpha value is -2.74. The van der Waals surface area contributed by atoms with Crippen molar-refractivity contribution in [2.75, 3.05) is 17.8 Å². The second kappa shape index (κ2) is 7.25. The molecule has 0 saturated heterocycles. The molecule has 1 aliphatic rings. The molecule has 0 unspecified atom stereocenters. The summed E-state index contributed by atoms with van der Waals surface area (Å²) in [6.45, 7) is 0. The Bertz CT molecular complexity index is 1020. The molecule has 0 atom stereocenters. The highest BCUT2D eigenvalue weighted by Crippen LogP contribution is 2.29. The molecular formula is C18H19FN6S. The van der Waals surface area contributed by atoms with E-state index in [1.54, 1.807) is 11.3 Å². The third kappa shape index (κ3) is 3.20. The van der Waals surface area contributed by atoms with E-state index in [0.29, 0.717) is 19.2 Å². The van der Waals surface area contributed by atoms with E-state index in [-0.39, 0.29) is 0 Å². The molecule has 1 saturated carbocycles. The van der Waals surface area contributed by atoms with Crippen LogP contribution in [0.5, 0.6) is 0 Å². The molecule has 0 amide bonds. The maximum atomic E-state index is 9.50. The molecule has 0 aliphatic heterocycles. The van der Waals surface area contributed by atoms with Crippen molar-refractivity contribution >= 4 is 50.0 Å². The van der Waals surface area contributed by atoms with Crippen LogP contribution in [0.3, 0.4) is 0 Å². The van der Waals surface area contributed by atoms with E-state index in [4.69, 9.17) is 4.98 Å². The first kappa shape index (κ1) is 16.7. The van der Waals surface area contributed by atoms with Crippen LogP contribution in [-0.2, 0) is 0 Å². The highest BCUT2D eigenvalue weighted by Gasteiger charge is 2.19. The lowest BCUT2D eigenvalue weighted by molar-refractivity contribution is 0.445. The maximum Gasteiger partial charge on any atom is 0.231 e. The summed E-state index contributed by atoms with van der Waals surface area (Å²) in [5.74, 6) is 1.49. The molecule has 5 rings (SSSR count). The topological polar surface area (TPSA) is 78.5 Å². The van der Waals surface area contributed by atoms with Gasteiger partial charge in [-0.1, -0.05) is 0 Å². The predicted octanol–water partition coefficient (Wildman–Crippen LogP) is 4.86. The molecule has 0 radical (unpaired) electrons. The second-order valence-electron chi connectivity index (χ2n) is 6.07. The number of alkyl halides is 1. The Balaban J connectivity index is 0.000000814. The minimum atomic E-state index is 0.500. The largest absolute Gasteiger partial charge is 0.367 e. The first-order chi connectivity index (χ1) is 12.8. The van der Waals surface area contributed by atoms with Gasteiger partial charge in [0.05, 0.1) is 28.3 Å². The van der Waals surface area contributed by atoms with Crippen molar-refractivity contribution in [3.63, 3.8) is 0 Å². The fourth-order valence-corrected chi connectivity index (χ4v) is 3.63. The molecule has 3 aromatic heterocycles. The summed E-state index contributed by atoms with van der Waals surface area (Å²) >= 11 is 1.63. The van der Waals surface area contributed by atoms with Crippen LogP contribution in [0.15, 0.2) is 36.0 Å². The zero-order valence-corrected chi connectivity index (χ0v) is 15.1. The average molecular weight is 370 g/mol. The van der Waals surface area contributed by atoms with Crippen molar-refractivity contribution in [1.82, 2.24) is 19.9 Å². The average Bonchev–Trinajstić information content (AvgIpc) is 3.28. The number of nitrogens with one attached hydrogen (secondary N) is 3. The Morgan fingerprint density at radius 2 is 2.08 bits per heavy atom. The summed E-state index contributed by atoms with van der Waals surface area (Å²) in [4.78, 5) is 16.8. The smallest absolute Gasteiger partial charge is 0.231 e. The molecule has 0 spiro atoms. The van der Waals surface area contributed by atoms with E-state index >= 15 is 0 Å². The normalized spacial score (nSPS) is 13.9. The molecule has 4 aromatic rings. The Kier molecular flexibility index (Phi) is 4.66. The quantitative estimate of drug-likeness (QED) is 0.478. The van der Waals surface area contributed by atoms with Gasteiger partial charge in [-0.15, -0.1) is 11.3 Å². The second-order valence-corrected chi connectivity index (χ2v) is 6.95. The monoisotopic (exact) mass is 370 g/mol. The molecule has 0 bridgehead atoms. The number of thiazole rings is 1. The summed E-state index contributed by atoms with van der Waals surface area (Å²) in [7, 11) is 0.500. The van der Waals surface area contributed by atoms with Crippen molar-refractivity contribution < 1.29 is 4.39 Å². The SMILES string of the molecule is CF.c1cc2c(NC3CCC3)nc(Nc3ccc4ncsc4c3)nc2[nH]1. The van der Waals surface area contributed by atoms with Crippen LogP contribution >= 0.6 is 11.3 Å². The first-order valence-corrected chi connectivity index (χ1v) is 9.33. The summed E-state index contributed by atoms with van der Waals surface area (Å²) in [6.07, 6.45) is 5.61. The summed E-state index contributed by atoms with van der Waals surface area (Å²) < 4.78 is 10.6. The summed E-state index contributed by atoms with van der Waals surface area (Å²) in [6, 6.07) is 8.63. The van der Waals surface area contributed by atoms with Gasteiger partial charge in [0, 0.05) is 17.9 Å². The van der Waals surface area contributed by atoms with E-state index in [1.807, 2.05) is 29.9 Å². The van der Waals surface area contributed by atoms with Crippen LogP contribution in [0.2, 0.25) is 0 Å². The van der Waals surface area contributed by atoms with Crippen LogP contribution in [0, 0.1) is 0 Å². The van der Waals surface area contributed by atoms with Gasteiger partial charge in [0.1, 0.15) is 11.5 Å². The molecule has 1 fully saturated rings. The summed E-state index contributed by atoms with van der Waals surface area (Å²) in [5.41, 5.74) is 4.68. The number of aromatic amines is 1. The Morgan fingerprint density at radius 3 is 2.88 bits per heavy atom. The molecular weight excluding hydrogens is 351 g/mol. The minimum absolute atomic E-state index is 0.500. The fourth-order valence-electron chi connectivity index (χ4n) is 2.92. The number of benzene rings is 1. The van der Waals surface area contributed by atoms with E-state index in [1.165, 1.54) is 19.3 Å². The van der Waals surface area contributed by atoms with Crippen molar-refractivity contribution in [3.05, 3.63) is 36.0 Å². The third-order valence-electron chi connectivity index (χ3n) is 4.45. The lowest BCUT2D eigenvalue weighted by Crippen LogP contribution is -2.27. The van der Waals surface area contributed by atoms with Gasteiger partial charge in [0.2, 0.25) is 5.95 Å². The number of rotatable bonds is 4. The molecule has 1 aliphatic carbocycles. The number of fused-ring (bicyclic) bond motifs is 2. The number of halogens is 1. The molecule has 8 heteroatoms. The summed E-state index contributed by atoms with van der Waals surface area (Å²) in [5, 5.41) is 7.89. The Morgan fingerprint density at radius 1 is 1.19 bits per heavy atom. The molecule has 3 heterocycles. The highest BCUT2D eigenvalue weighted by molar-refractivity contribution is 7.16. The van der Waals surface area contributed by atoms with Crippen molar-refractivity contribution in [2.45, 2.75) is 25.3 Å². The van der Waals surface area contributed by atoms with Crippen molar-refractivity contribution in [1.29, 1.82) is 0 Å². The molecule has 1 aromatic carbocycles. The molecule has 3 N–H and O–H groups in total. The number of aromatic nitrogens is 4. The molecule has 26 heavy (non-hydrogen) atoms. The van der Waals surface area contributed by atoms with Crippen LogP contribution < -0.4 is 10.6 Å². The van der Waals surface area contributed by atoms with Gasteiger partial charge in [0.25, 0.3) is 0 Å². The standard InChI is InChI=1S/C17H16N6S.CH3F/c1-2-10(3-1)20-16-12-6-7-18-15(12)22-17(23-16)21-11-4-5-13-14(8-11)24-9-19-13;1-2/h4-10H,1-3H2,(H3,18,20,21,22,23);1H3. The maximum absolute atomic E-state index is 9.50. The number of nitrogens with zero attached hydrogens (tertiary/aromatic N) is 3. The van der Waals surface area contributed by atoms with Gasteiger partial charge in [-0.25, -0.2) is 4.98 Å². The van der Waals surface area contributed by atoms with Crippen molar-refractivity contribution in [2.24, 2.45) is 0 Å². The Labute approximate surface area is 153 Å². The van der Waals surface area contributed by atoms with Gasteiger partial charge >= 0.3 is 0 Å². The van der Waals surface area contributed by atoms with Gasteiger partial charge in [-0.05, 0) is 43.5 Å². The number of anilines is 3. The van der Waals surface area contributed by atoms with Gasteiger partial charge in [-0.2, -0.15) is 9.97 Å². The molecule has 134 valence electrons. The molecule has 6 nitrogen and oxygen atoms in total. The number of H-pyrrole nitrogens is 1. The van der Waals surface area contributed by atoms with E-state index in [0.717, 1.165) is 32.8 Å². The van der Waals surface area contributed by atoms with Gasteiger partial charge in [0.15, 0.2) is 0 Å². The third-order valence-corrected chi connectivity index (χ3v) is 5.24. The minimum Gasteiger partial charge on any atom is -0.367 e. The van der Waals surface area contributed by atoms with Crippen LogP contribution in [0.1, 0.15) is 19.3 Å². The zero-order chi connectivity index (χ0) is 17.9. The first-order valence-electron chi connectivity index (χ1n) is 8.45. The van der Waals surface area contributed by atoms with Crippen LogP contribution in [-0.4, -0.2) is 33.2 Å².